The van der Waals surface area contributed by atoms with Gasteiger partial charge in [-0.05, 0) is 93.1 Å². The van der Waals surface area contributed by atoms with Crippen LogP contribution in [0.15, 0.2) is 67.0 Å². The fourth-order valence-corrected chi connectivity index (χ4v) is 5.83. The Morgan fingerprint density at radius 3 is 2.51 bits per heavy atom. The van der Waals surface area contributed by atoms with Crippen molar-refractivity contribution in [3.63, 3.8) is 0 Å². The van der Waals surface area contributed by atoms with Crippen molar-refractivity contribution in [3.05, 3.63) is 101 Å². The topological polar surface area (TPSA) is 62.1 Å². The second-order valence-electron chi connectivity index (χ2n) is 12.2. The maximum Gasteiger partial charge on any atom is 0.339 e. The molecule has 0 bridgehead atoms. The van der Waals surface area contributed by atoms with Crippen molar-refractivity contribution in [2.75, 3.05) is 13.7 Å². The molecule has 1 aliphatic rings. The van der Waals surface area contributed by atoms with Crippen LogP contribution in [0.2, 0.25) is 0 Å². The Balaban J connectivity index is 1.58. The number of aromatic nitrogens is 2. The lowest BCUT2D eigenvalue weighted by Crippen LogP contribution is -2.29. The molecule has 0 unspecified atom stereocenters. The fourth-order valence-electron chi connectivity index (χ4n) is 5.83. The molecule has 0 saturated carbocycles. The number of hydrogen-bond donors (Lipinski definition) is 0. The summed E-state index contributed by atoms with van der Waals surface area (Å²) in [6.45, 7) is 8.20. The number of ether oxygens (including phenoxy) is 3. The first-order valence-corrected chi connectivity index (χ1v) is 14.7. The number of benzene rings is 3. The van der Waals surface area contributed by atoms with Crippen LogP contribution < -0.4 is 4.74 Å². The van der Waals surface area contributed by atoms with Crippen LogP contribution in [0.5, 0.6) is 5.75 Å². The number of fused-ring (bicyclic) bond motifs is 2. The summed E-state index contributed by atoms with van der Waals surface area (Å²) in [5, 5.41) is 0. The standard InChI is InChI=1S/C36H33F3N2O4/c1-20-18-41-19-27(22-9-6-8-21(16-22)25-12-13-26(37)32(39)31(25)38)40-34(41)30(24-11-14-28-23(17-24)10-7-15-44-28)29(20)33(35(42)43-5)45-36(2,3)4/h6,8-9,11-14,16-19,33H,7,10,15H2,1-5H3/t33-/m1/s1. The SMILES string of the molecule is COC(=O)[C@H](OC(C)(C)C)c1c(C)cn2cc(-c3cccc(-c4ccc(F)c(F)c4F)c3)nc2c1-c1ccc2c(c1)CCCO2. The molecular formula is C36H33F3N2O4. The third-order valence-corrected chi connectivity index (χ3v) is 7.83. The minimum atomic E-state index is -1.52. The second-order valence-corrected chi connectivity index (χ2v) is 12.2. The monoisotopic (exact) mass is 614 g/mol. The van der Waals surface area contributed by atoms with Gasteiger partial charge in [0.25, 0.3) is 0 Å². The van der Waals surface area contributed by atoms with E-state index in [9.17, 15) is 18.0 Å². The van der Waals surface area contributed by atoms with Crippen molar-refractivity contribution in [1.82, 2.24) is 9.38 Å². The molecule has 3 heterocycles. The van der Waals surface area contributed by atoms with Gasteiger partial charge in [0.15, 0.2) is 23.6 Å². The van der Waals surface area contributed by atoms with Gasteiger partial charge in [0, 0.05) is 34.6 Å². The smallest absolute Gasteiger partial charge is 0.339 e. The average molecular weight is 615 g/mol. The highest BCUT2D eigenvalue weighted by molar-refractivity contribution is 5.89. The predicted molar refractivity (Wildman–Crippen MR) is 166 cm³/mol. The molecule has 0 N–H and O–H groups in total. The van der Waals surface area contributed by atoms with Gasteiger partial charge in [-0.15, -0.1) is 0 Å². The van der Waals surface area contributed by atoms with Crippen LogP contribution in [0.25, 0.3) is 39.2 Å². The summed E-state index contributed by atoms with van der Waals surface area (Å²) in [5.41, 5.74) is 5.43. The molecule has 0 radical (unpaired) electrons. The first-order chi connectivity index (χ1) is 21.4. The average Bonchev–Trinajstić information content (AvgIpc) is 3.44. The lowest BCUT2D eigenvalue weighted by Gasteiger charge is -2.29. The van der Waals surface area contributed by atoms with E-state index in [4.69, 9.17) is 19.2 Å². The van der Waals surface area contributed by atoms with E-state index in [1.807, 2.05) is 62.7 Å². The Bertz CT molecular complexity index is 1940. The van der Waals surface area contributed by atoms with Gasteiger partial charge < -0.3 is 18.6 Å². The zero-order chi connectivity index (χ0) is 32.0. The molecule has 9 heteroatoms. The Kier molecular flexibility index (Phi) is 7.91. The highest BCUT2D eigenvalue weighted by atomic mass is 19.2. The van der Waals surface area contributed by atoms with Crippen LogP contribution in [0.3, 0.4) is 0 Å². The molecule has 2 aromatic heterocycles. The number of nitrogens with zero attached hydrogens (tertiary/aromatic N) is 2. The number of carbonyl (C=O) groups excluding carboxylic acids is 1. The van der Waals surface area contributed by atoms with Gasteiger partial charge in [0.05, 0.1) is 25.0 Å². The Morgan fingerprint density at radius 1 is 0.978 bits per heavy atom. The van der Waals surface area contributed by atoms with Crippen molar-refractivity contribution in [1.29, 1.82) is 0 Å². The number of aryl methyl sites for hydroxylation is 2. The molecule has 0 aliphatic carbocycles. The summed E-state index contributed by atoms with van der Waals surface area (Å²) < 4.78 is 61.7. The predicted octanol–water partition coefficient (Wildman–Crippen LogP) is 8.42. The quantitative estimate of drug-likeness (QED) is 0.142. The van der Waals surface area contributed by atoms with E-state index in [0.29, 0.717) is 40.2 Å². The lowest BCUT2D eigenvalue weighted by molar-refractivity contribution is -0.164. The first-order valence-electron chi connectivity index (χ1n) is 14.7. The summed E-state index contributed by atoms with van der Waals surface area (Å²) >= 11 is 0. The molecule has 5 aromatic rings. The van der Waals surface area contributed by atoms with Crippen LogP contribution in [-0.4, -0.2) is 34.7 Å². The number of hydrogen-bond acceptors (Lipinski definition) is 5. The van der Waals surface area contributed by atoms with Crippen molar-refractivity contribution in [3.8, 4) is 39.3 Å². The lowest BCUT2D eigenvalue weighted by atomic mass is 9.91. The summed E-state index contributed by atoms with van der Waals surface area (Å²) in [7, 11) is 1.33. The Morgan fingerprint density at radius 2 is 1.76 bits per heavy atom. The van der Waals surface area contributed by atoms with Crippen molar-refractivity contribution in [2.24, 2.45) is 0 Å². The molecule has 1 aliphatic heterocycles. The number of esters is 1. The third kappa shape index (κ3) is 5.80. The fraction of sp³-hybridized carbons (Fsp3) is 0.278. The third-order valence-electron chi connectivity index (χ3n) is 7.83. The van der Waals surface area contributed by atoms with E-state index < -0.39 is 35.1 Å². The maximum atomic E-state index is 14.7. The molecular weight excluding hydrogens is 581 g/mol. The molecule has 232 valence electrons. The minimum Gasteiger partial charge on any atom is -0.493 e. The van der Waals surface area contributed by atoms with E-state index in [0.717, 1.165) is 41.3 Å². The number of rotatable bonds is 6. The van der Waals surface area contributed by atoms with Crippen LogP contribution in [0.4, 0.5) is 13.2 Å². The molecule has 0 amide bonds. The van der Waals surface area contributed by atoms with Gasteiger partial charge in [-0.3, -0.25) is 0 Å². The number of carbonyl (C=O) groups is 1. The number of imidazole rings is 1. The van der Waals surface area contributed by atoms with E-state index in [1.165, 1.54) is 13.2 Å². The second kappa shape index (κ2) is 11.7. The van der Waals surface area contributed by atoms with Crippen molar-refractivity contribution in [2.45, 2.75) is 52.2 Å². The van der Waals surface area contributed by atoms with Gasteiger partial charge in [-0.1, -0.05) is 24.3 Å². The van der Waals surface area contributed by atoms with Crippen LogP contribution in [0, 0.1) is 24.4 Å². The largest absolute Gasteiger partial charge is 0.493 e. The molecule has 0 fully saturated rings. The van der Waals surface area contributed by atoms with Crippen molar-refractivity contribution < 1.29 is 32.2 Å². The highest BCUT2D eigenvalue weighted by Crippen LogP contribution is 2.41. The maximum absolute atomic E-state index is 14.7. The van der Waals surface area contributed by atoms with E-state index in [1.54, 1.807) is 18.2 Å². The van der Waals surface area contributed by atoms with E-state index in [2.05, 4.69) is 6.07 Å². The molecule has 6 nitrogen and oxygen atoms in total. The molecule has 1 atom stereocenters. The van der Waals surface area contributed by atoms with Gasteiger partial charge in [-0.25, -0.2) is 22.9 Å². The molecule has 6 rings (SSSR count). The normalized spacial score (nSPS) is 13.8. The van der Waals surface area contributed by atoms with E-state index >= 15 is 0 Å². The molecule has 0 spiro atoms. The highest BCUT2D eigenvalue weighted by Gasteiger charge is 2.33. The summed E-state index contributed by atoms with van der Waals surface area (Å²) in [4.78, 5) is 18.3. The Hall–Kier alpha value is -4.63. The van der Waals surface area contributed by atoms with E-state index in [-0.39, 0.29) is 5.56 Å². The number of halogens is 3. The molecule has 3 aromatic carbocycles. The summed E-state index contributed by atoms with van der Waals surface area (Å²) in [6, 6.07) is 14.9. The van der Waals surface area contributed by atoms with Gasteiger partial charge in [-0.2, -0.15) is 0 Å². The van der Waals surface area contributed by atoms with Gasteiger partial charge >= 0.3 is 5.97 Å². The molecule has 45 heavy (non-hydrogen) atoms. The minimum absolute atomic E-state index is 0.0603. The van der Waals surface area contributed by atoms with Gasteiger partial charge in [0.1, 0.15) is 11.4 Å². The zero-order valence-electron chi connectivity index (χ0n) is 25.7. The Labute approximate surface area is 259 Å². The van der Waals surface area contributed by atoms with Gasteiger partial charge in [0.2, 0.25) is 0 Å². The first kappa shape index (κ1) is 30.4. The summed E-state index contributed by atoms with van der Waals surface area (Å²) in [5.74, 6) is -3.73. The van der Waals surface area contributed by atoms with Crippen LogP contribution in [-0.2, 0) is 20.7 Å². The zero-order valence-corrected chi connectivity index (χ0v) is 25.7. The number of methoxy groups -OCH3 is 1. The molecule has 0 saturated heterocycles. The van der Waals surface area contributed by atoms with Crippen LogP contribution >= 0.6 is 0 Å². The van der Waals surface area contributed by atoms with Crippen molar-refractivity contribution >= 4 is 11.6 Å². The van der Waals surface area contributed by atoms with Crippen LogP contribution in [0.1, 0.15) is 50.0 Å². The summed E-state index contributed by atoms with van der Waals surface area (Å²) in [6.07, 6.45) is 4.43. The number of pyridine rings is 1.